The van der Waals surface area contributed by atoms with Crippen LogP contribution in [0.15, 0.2) is 11.4 Å². The van der Waals surface area contributed by atoms with Gasteiger partial charge in [0.1, 0.15) is 0 Å². The molecule has 0 spiro atoms. The molecule has 0 radical (unpaired) electrons. The summed E-state index contributed by atoms with van der Waals surface area (Å²) in [5, 5.41) is 18.0. The van der Waals surface area contributed by atoms with E-state index in [1.54, 1.807) is 0 Å². The smallest absolute Gasteiger partial charge is 0.280 e. The third-order valence-corrected chi connectivity index (χ3v) is 2.46. The first kappa shape index (κ1) is 8.63. The van der Waals surface area contributed by atoms with E-state index < -0.39 is 4.92 Å². The van der Waals surface area contributed by atoms with Crippen LogP contribution in [0.25, 0.3) is 10.7 Å². The van der Waals surface area contributed by atoms with Crippen molar-refractivity contribution in [2.24, 2.45) is 0 Å². The predicted octanol–water partition coefficient (Wildman–Crippen LogP) is 1.02. The lowest BCUT2D eigenvalue weighted by molar-refractivity contribution is -0.384. The van der Waals surface area contributed by atoms with Crippen molar-refractivity contribution in [3.63, 3.8) is 0 Å². The molecular weight excluding hydrogens is 206 g/mol. The average molecular weight is 211 g/mol. The molecule has 2 aromatic heterocycles. The molecule has 0 atom stereocenters. The quantitative estimate of drug-likeness (QED) is 0.569. The normalized spacial score (nSPS) is 10.3. The van der Waals surface area contributed by atoms with Crippen LogP contribution in [0.1, 0.15) is 0 Å². The minimum absolute atomic E-state index is 0.0416. The van der Waals surface area contributed by atoms with Crippen molar-refractivity contribution in [1.82, 2.24) is 15.2 Å². The van der Waals surface area contributed by atoms with Gasteiger partial charge in [-0.1, -0.05) is 0 Å². The van der Waals surface area contributed by atoms with Crippen LogP contribution in [-0.4, -0.2) is 20.1 Å². The van der Waals surface area contributed by atoms with Crippen molar-refractivity contribution in [2.45, 2.75) is 0 Å². The Kier molecular flexibility index (Phi) is 1.89. The maximum absolute atomic E-state index is 10.4. The highest BCUT2D eigenvalue weighted by Crippen LogP contribution is 2.28. The van der Waals surface area contributed by atoms with E-state index in [-0.39, 0.29) is 11.6 Å². The zero-order valence-corrected chi connectivity index (χ0v) is 7.61. The van der Waals surface area contributed by atoms with Crippen LogP contribution in [0.2, 0.25) is 0 Å². The Morgan fingerprint density at radius 1 is 1.64 bits per heavy atom. The second-order valence-corrected chi connectivity index (χ2v) is 3.38. The van der Waals surface area contributed by atoms with Crippen molar-refractivity contribution in [3.05, 3.63) is 21.6 Å². The van der Waals surface area contributed by atoms with Gasteiger partial charge < -0.3 is 5.73 Å². The highest BCUT2D eigenvalue weighted by atomic mass is 32.1. The summed E-state index contributed by atoms with van der Waals surface area (Å²) < 4.78 is 0. The summed E-state index contributed by atoms with van der Waals surface area (Å²) in [5.41, 5.74) is 5.34. The minimum atomic E-state index is -0.459. The summed E-state index contributed by atoms with van der Waals surface area (Å²) >= 11 is 1.21. The molecule has 2 aromatic rings. The molecule has 0 aliphatic carbocycles. The molecule has 0 aliphatic rings. The number of H-pyrrole nitrogens is 1. The van der Waals surface area contributed by atoms with Gasteiger partial charge in [-0.15, -0.1) is 16.4 Å². The van der Waals surface area contributed by atoms with Gasteiger partial charge in [0.05, 0.1) is 15.2 Å². The number of nitrogen functional groups attached to an aromatic ring is 1. The summed E-state index contributed by atoms with van der Waals surface area (Å²) in [6.07, 6.45) is 0. The lowest BCUT2D eigenvalue weighted by Crippen LogP contribution is -1.85. The van der Waals surface area contributed by atoms with E-state index >= 15 is 0 Å². The lowest BCUT2D eigenvalue weighted by atomic mass is 10.4. The number of nitrogens with zero attached hydrogens (tertiary/aromatic N) is 3. The molecule has 0 aromatic carbocycles. The summed E-state index contributed by atoms with van der Waals surface area (Å²) in [4.78, 5) is 14.4. The third-order valence-electron chi connectivity index (χ3n) is 1.53. The maximum Gasteiger partial charge on any atom is 0.280 e. The fourth-order valence-corrected chi connectivity index (χ4v) is 1.72. The van der Waals surface area contributed by atoms with Crippen molar-refractivity contribution in [1.29, 1.82) is 0 Å². The Labute approximate surface area is 81.7 Å². The maximum atomic E-state index is 10.4. The van der Waals surface area contributed by atoms with E-state index in [0.29, 0.717) is 10.7 Å². The van der Waals surface area contributed by atoms with Crippen molar-refractivity contribution in [3.8, 4) is 10.7 Å². The van der Waals surface area contributed by atoms with E-state index in [9.17, 15) is 10.1 Å². The summed E-state index contributed by atoms with van der Waals surface area (Å²) in [6, 6.07) is 1.42. The number of nitrogens with two attached hydrogens (primary N) is 1. The summed E-state index contributed by atoms with van der Waals surface area (Å²) in [7, 11) is 0. The van der Waals surface area contributed by atoms with Crippen molar-refractivity contribution >= 4 is 23.0 Å². The van der Waals surface area contributed by atoms with Crippen LogP contribution >= 0.6 is 11.3 Å². The molecule has 0 saturated heterocycles. The molecule has 0 unspecified atom stereocenters. The van der Waals surface area contributed by atoms with Gasteiger partial charge in [-0.25, -0.2) is 0 Å². The fraction of sp³-hybridized carbons (Fsp3) is 0. The van der Waals surface area contributed by atoms with Crippen LogP contribution in [0.4, 0.5) is 11.6 Å². The Balaban J connectivity index is 2.38. The highest BCUT2D eigenvalue weighted by molar-refractivity contribution is 7.13. The molecule has 0 fully saturated rings. The number of nitro groups is 1. The molecule has 8 heteroatoms. The van der Waals surface area contributed by atoms with Gasteiger partial charge in [0.2, 0.25) is 5.95 Å². The number of thiophene rings is 1. The largest absolute Gasteiger partial charge is 0.366 e. The standard InChI is InChI=1S/C6H5N5O2S/c7-6-8-5(9-10-6)4-1-3(2-14-4)11(12)13/h1-2H,(H3,7,8,9,10). The number of nitrogens with one attached hydrogen (secondary N) is 1. The van der Waals surface area contributed by atoms with E-state index in [0.717, 1.165) is 0 Å². The molecule has 3 N–H and O–H groups in total. The number of hydrogen-bond donors (Lipinski definition) is 2. The van der Waals surface area contributed by atoms with Gasteiger partial charge in [-0.05, 0) is 0 Å². The molecule has 0 saturated carbocycles. The summed E-state index contributed by atoms with van der Waals surface area (Å²) in [5.74, 6) is 0.566. The second-order valence-electron chi connectivity index (χ2n) is 2.47. The van der Waals surface area contributed by atoms with Crippen molar-refractivity contribution < 1.29 is 4.92 Å². The first-order valence-corrected chi connectivity index (χ1v) is 4.46. The molecule has 0 aliphatic heterocycles. The summed E-state index contributed by atoms with van der Waals surface area (Å²) in [6.45, 7) is 0. The van der Waals surface area contributed by atoms with E-state index in [2.05, 4.69) is 15.2 Å². The number of hydrogen-bond acceptors (Lipinski definition) is 6. The van der Waals surface area contributed by atoms with Crippen LogP contribution in [-0.2, 0) is 0 Å². The SMILES string of the molecule is Nc1n[nH]c(-c2cc([N+](=O)[O-])cs2)n1. The first-order chi connectivity index (χ1) is 6.66. The highest BCUT2D eigenvalue weighted by Gasteiger charge is 2.12. The Morgan fingerprint density at radius 3 is 2.93 bits per heavy atom. The predicted molar refractivity (Wildman–Crippen MR) is 50.8 cm³/mol. The molecule has 7 nitrogen and oxygen atoms in total. The average Bonchev–Trinajstić information content (AvgIpc) is 2.70. The molecule has 0 bridgehead atoms. The zero-order chi connectivity index (χ0) is 10.1. The fourth-order valence-electron chi connectivity index (χ4n) is 0.931. The van der Waals surface area contributed by atoms with E-state index in [1.807, 2.05) is 0 Å². The first-order valence-electron chi connectivity index (χ1n) is 3.58. The van der Waals surface area contributed by atoms with Gasteiger partial charge >= 0.3 is 0 Å². The van der Waals surface area contributed by atoms with Gasteiger partial charge in [-0.2, -0.15) is 4.98 Å². The number of rotatable bonds is 2. The number of aromatic amines is 1. The third kappa shape index (κ3) is 1.42. The van der Waals surface area contributed by atoms with Crippen molar-refractivity contribution in [2.75, 3.05) is 5.73 Å². The van der Waals surface area contributed by atoms with Crippen LogP contribution in [0.3, 0.4) is 0 Å². The van der Waals surface area contributed by atoms with Gasteiger partial charge in [0.25, 0.3) is 5.69 Å². The van der Waals surface area contributed by atoms with Crippen LogP contribution in [0, 0.1) is 10.1 Å². The minimum Gasteiger partial charge on any atom is -0.366 e. The van der Waals surface area contributed by atoms with Crippen LogP contribution < -0.4 is 5.73 Å². The van der Waals surface area contributed by atoms with Crippen LogP contribution in [0.5, 0.6) is 0 Å². The Morgan fingerprint density at radius 2 is 2.43 bits per heavy atom. The monoisotopic (exact) mass is 211 g/mol. The number of anilines is 1. The Hall–Kier alpha value is -1.96. The molecule has 14 heavy (non-hydrogen) atoms. The molecular formula is C6H5N5O2S. The van der Waals surface area contributed by atoms with Gasteiger partial charge in [0, 0.05) is 6.07 Å². The Bertz CT molecular complexity index is 476. The molecule has 0 amide bonds. The molecule has 2 rings (SSSR count). The van der Waals surface area contributed by atoms with E-state index in [4.69, 9.17) is 5.73 Å². The topological polar surface area (TPSA) is 111 Å². The second kappa shape index (κ2) is 3.07. The zero-order valence-electron chi connectivity index (χ0n) is 6.80. The van der Waals surface area contributed by atoms with Gasteiger partial charge in [0.15, 0.2) is 5.82 Å². The number of aromatic nitrogens is 3. The molecule has 2 heterocycles. The van der Waals surface area contributed by atoms with Gasteiger partial charge in [-0.3, -0.25) is 15.2 Å². The lowest BCUT2D eigenvalue weighted by Gasteiger charge is -1.84. The van der Waals surface area contributed by atoms with E-state index in [1.165, 1.54) is 22.8 Å². The molecule has 72 valence electrons.